The van der Waals surface area contributed by atoms with Crippen molar-refractivity contribution in [3.8, 4) is 11.5 Å². The van der Waals surface area contributed by atoms with Gasteiger partial charge in [-0.3, -0.25) is 10.1 Å². The molecule has 0 saturated heterocycles. The van der Waals surface area contributed by atoms with Crippen molar-refractivity contribution in [1.29, 1.82) is 0 Å². The summed E-state index contributed by atoms with van der Waals surface area (Å²) in [5, 5.41) is 14.1. The molecule has 0 unspecified atom stereocenters. The second-order valence-electron chi connectivity index (χ2n) is 4.69. The lowest BCUT2D eigenvalue weighted by atomic mass is 10.1. The summed E-state index contributed by atoms with van der Waals surface area (Å²) in [4.78, 5) is 10.6. The van der Waals surface area contributed by atoms with Gasteiger partial charge in [-0.05, 0) is 17.7 Å². The third-order valence-corrected chi connectivity index (χ3v) is 3.27. The van der Waals surface area contributed by atoms with Gasteiger partial charge in [0.2, 0.25) is 6.54 Å². The molecule has 1 N–H and O–H groups in total. The highest BCUT2D eigenvalue weighted by Crippen LogP contribution is 2.32. The molecule has 0 bridgehead atoms. The Morgan fingerprint density at radius 3 is 2.45 bits per heavy atom. The van der Waals surface area contributed by atoms with Crippen LogP contribution in [0.3, 0.4) is 0 Å². The van der Waals surface area contributed by atoms with Crippen LogP contribution in [0, 0.1) is 10.1 Å². The zero-order valence-electron chi connectivity index (χ0n) is 12.5. The Bertz CT molecular complexity index is 631. The van der Waals surface area contributed by atoms with Crippen molar-refractivity contribution in [3.63, 3.8) is 0 Å². The molecular weight excluding hydrogens is 284 g/mol. The molecule has 0 amide bonds. The van der Waals surface area contributed by atoms with E-state index in [1.54, 1.807) is 32.4 Å². The zero-order chi connectivity index (χ0) is 15.9. The van der Waals surface area contributed by atoms with Crippen LogP contribution < -0.4 is 14.8 Å². The Kier molecular flexibility index (Phi) is 5.19. The van der Waals surface area contributed by atoms with Crippen molar-refractivity contribution < 1.29 is 14.4 Å². The molecule has 0 aliphatic carbocycles. The van der Waals surface area contributed by atoms with Gasteiger partial charge in [0.25, 0.3) is 0 Å². The van der Waals surface area contributed by atoms with Crippen LogP contribution in [0.4, 0.5) is 5.69 Å². The maximum Gasteiger partial charge on any atom is 0.227 e. The molecule has 2 aromatic rings. The molecule has 0 saturated carbocycles. The fourth-order valence-corrected chi connectivity index (χ4v) is 2.17. The second kappa shape index (κ2) is 7.31. The summed E-state index contributed by atoms with van der Waals surface area (Å²) in [6.07, 6.45) is 0. The van der Waals surface area contributed by atoms with Gasteiger partial charge in [0.15, 0.2) is 0 Å². The quantitative estimate of drug-likeness (QED) is 0.628. The van der Waals surface area contributed by atoms with E-state index in [1.807, 2.05) is 30.3 Å². The van der Waals surface area contributed by atoms with Crippen LogP contribution in [0.2, 0.25) is 0 Å². The SMILES string of the molecule is COc1ccc(N[C@H](C[N+](=O)[O-])c2ccccc2)c(OC)c1. The van der Waals surface area contributed by atoms with Crippen molar-refractivity contribution in [2.24, 2.45) is 0 Å². The molecule has 2 rings (SSSR count). The molecular formula is C16H18N2O4. The largest absolute Gasteiger partial charge is 0.497 e. The number of hydrogen-bond acceptors (Lipinski definition) is 5. The first-order chi connectivity index (χ1) is 10.6. The summed E-state index contributed by atoms with van der Waals surface area (Å²) in [5.74, 6) is 1.23. The predicted octanol–water partition coefficient (Wildman–Crippen LogP) is 3.13. The van der Waals surface area contributed by atoms with E-state index in [0.29, 0.717) is 17.2 Å². The monoisotopic (exact) mass is 302 g/mol. The maximum atomic E-state index is 10.9. The van der Waals surface area contributed by atoms with Crippen LogP contribution in [0.5, 0.6) is 11.5 Å². The minimum absolute atomic E-state index is 0.223. The number of nitrogens with zero attached hydrogens (tertiary/aromatic N) is 1. The van der Waals surface area contributed by atoms with Gasteiger partial charge in [-0.15, -0.1) is 0 Å². The standard InChI is InChI=1S/C16H18N2O4/c1-21-13-8-9-14(16(10-13)22-2)17-15(11-18(19)20)12-6-4-3-5-7-12/h3-10,15,17H,11H2,1-2H3/t15-/m1/s1. The number of nitrogens with one attached hydrogen (secondary N) is 1. The summed E-state index contributed by atoms with van der Waals surface area (Å²) < 4.78 is 10.5. The van der Waals surface area contributed by atoms with E-state index in [1.165, 1.54) is 0 Å². The van der Waals surface area contributed by atoms with Crippen LogP contribution in [-0.4, -0.2) is 25.7 Å². The summed E-state index contributed by atoms with van der Waals surface area (Å²) >= 11 is 0. The van der Waals surface area contributed by atoms with E-state index in [2.05, 4.69) is 5.32 Å². The molecule has 6 nitrogen and oxygen atoms in total. The molecule has 22 heavy (non-hydrogen) atoms. The molecule has 0 aliphatic rings. The number of anilines is 1. The highest BCUT2D eigenvalue weighted by Gasteiger charge is 2.19. The average molecular weight is 302 g/mol. The highest BCUT2D eigenvalue weighted by atomic mass is 16.6. The van der Waals surface area contributed by atoms with Crippen LogP contribution in [0.1, 0.15) is 11.6 Å². The lowest BCUT2D eigenvalue weighted by Gasteiger charge is -2.19. The molecule has 6 heteroatoms. The highest BCUT2D eigenvalue weighted by molar-refractivity contribution is 5.60. The predicted molar refractivity (Wildman–Crippen MR) is 84.2 cm³/mol. The Morgan fingerprint density at radius 2 is 1.86 bits per heavy atom. The number of nitro groups is 1. The first-order valence-electron chi connectivity index (χ1n) is 6.79. The minimum Gasteiger partial charge on any atom is -0.497 e. The topological polar surface area (TPSA) is 73.6 Å². The molecule has 0 aliphatic heterocycles. The van der Waals surface area contributed by atoms with Gasteiger partial charge in [-0.2, -0.15) is 0 Å². The van der Waals surface area contributed by atoms with E-state index in [0.717, 1.165) is 5.56 Å². The molecule has 0 heterocycles. The number of rotatable bonds is 7. The third kappa shape index (κ3) is 3.88. The molecule has 0 aromatic heterocycles. The fourth-order valence-electron chi connectivity index (χ4n) is 2.17. The van der Waals surface area contributed by atoms with Crippen LogP contribution in [0.25, 0.3) is 0 Å². The van der Waals surface area contributed by atoms with Gasteiger partial charge in [0.1, 0.15) is 17.5 Å². The number of benzene rings is 2. The Balaban J connectivity index is 2.29. The first kappa shape index (κ1) is 15.6. The minimum atomic E-state index is -0.446. The lowest BCUT2D eigenvalue weighted by Crippen LogP contribution is -2.20. The Morgan fingerprint density at radius 1 is 1.14 bits per heavy atom. The summed E-state index contributed by atoms with van der Waals surface area (Å²) in [6.45, 7) is -0.223. The number of hydrogen-bond donors (Lipinski definition) is 1. The van der Waals surface area contributed by atoms with Crippen molar-refractivity contribution in [2.75, 3.05) is 26.1 Å². The van der Waals surface area contributed by atoms with Gasteiger partial charge in [-0.25, -0.2) is 0 Å². The van der Waals surface area contributed by atoms with Gasteiger partial charge < -0.3 is 14.8 Å². The van der Waals surface area contributed by atoms with Gasteiger partial charge in [-0.1, -0.05) is 30.3 Å². The average Bonchev–Trinajstić information content (AvgIpc) is 2.55. The maximum absolute atomic E-state index is 10.9. The molecule has 0 fully saturated rings. The molecule has 2 aromatic carbocycles. The Labute approximate surface area is 128 Å². The van der Waals surface area contributed by atoms with Gasteiger partial charge >= 0.3 is 0 Å². The molecule has 0 radical (unpaired) electrons. The normalized spacial score (nSPS) is 11.5. The smallest absolute Gasteiger partial charge is 0.227 e. The van der Waals surface area contributed by atoms with Gasteiger partial charge in [0, 0.05) is 11.0 Å². The Hall–Kier alpha value is -2.76. The van der Waals surface area contributed by atoms with E-state index < -0.39 is 6.04 Å². The third-order valence-electron chi connectivity index (χ3n) is 3.27. The van der Waals surface area contributed by atoms with Crippen molar-refractivity contribution >= 4 is 5.69 Å². The van der Waals surface area contributed by atoms with Crippen molar-refractivity contribution in [1.82, 2.24) is 0 Å². The second-order valence-corrected chi connectivity index (χ2v) is 4.69. The molecule has 1 atom stereocenters. The summed E-state index contributed by atoms with van der Waals surface area (Å²) in [7, 11) is 3.12. The molecule has 0 spiro atoms. The zero-order valence-corrected chi connectivity index (χ0v) is 12.5. The number of methoxy groups -OCH3 is 2. The van der Waals surface area contributed by atoms with Crippen molar-refractivity contribution in [3.05, 3.63) is 64.2 Å². The first-order valence-corrected chi connectivity index (χ1v) is 6.79. The lowest BCUT2D eigenvalue weighted by molar-refractivity contribution is -0.482. The summed E-state index contributed by atoms with van der Waals surface area (Å²) in [5.41, 5.74) is 1.52. The fraction of sp³-hybridized carbons (Fsp3) is 0.250. The van der Waals surface area contributed by atoms with E-state index in [9.17, 15) is 10.1 Å². The van der Waals surface area contributed by atoms with Crippen LogP contribution >= 0.6 is 0 Å². The van der Waals surface area contributed by atoms with E-state index >= 15 is 0 Å². The van der Waals surface area contributed by atoms with Crippen LogP contribution in [0.15, 0.2) is 48.5 Å². The molecule has 116 valence electrons. The van der Waals surface area contributed by atoms with E-state index in [-0.39, 0.29) is 11.5 Å². The van der Waals surface area contributed by atoms with Gasteiger partial charge in [0.05, 0.1) is 19.9 Å². The van der Waals surface area contributed by atoms with Crippen LogP contribution in [-0.2, 0) is 0 Å². The van der Waals surface area contributed by atoms with Crippen molar-refractivity contribution in [2.45, 2.75) is 6.04 Å². The number of ether oxygens (including phenoxy) is 2. The van der Waals surface area contributed by atoms with E-state index in [4.69, 9.17) is 9.47 Å². The summed E-state index contributed by atoms with van der Waals surface area (Å²) in [6, 6.07) is 14.2.